The summed E-state index contributed by atoms with van der Waals surface area (Å²) in [6, 6.07) is 8.09. The van der Waals surface area contributed by atoms with Crippen molar-refractivity contribution >= 4 is 12.6 Å². The van der Waals surface area contributed by atoms with Crippen LogP contribution in [-0.4, -0.2) is 42.6 Å². The van der Waals surface area contributed by atoms with Crippen LogP contribution in [0.15, 0.2) is 53.6 Å². The zero-order valence-corrected chi connectivity index (χ0v) is 15.7. The van der Waals surface area contributed by atoms with Gasteiger partial charge in [-0.2, -0.15) is 0 Å². The first kappa shape index (κ1) is 20.3. The molecule has 1 unspecified atom stereocenters. The molecule has 1 aromatic heterocycles. The maximum Gasteiger partial charge on any atom is 0.182 e. The van der Waals surface area contributed by atoms with Gasteiger partial charge in [-0.15, -0.1) is 0 Å². The lowest BCUT2D eigenvalue weighted by molar-refractivity contribution is -0.112. The molecule has 0 aliphatic rings. The number of hydrogen-bond acceptors (Lipinski definition) is 5. The minimum absolute atomic E-state index is 0.0901. The number of nitrogens with one attached hydrogen (secondary N) is 2. The molecule has 0 spiro atoms. The van der Waals surface area contributed by atoms with Gasteiger partial charge in [0.15, 0.2) is 5.43 Å². The molecule has 2 N–H and O–H groups in total. The van der Waals surface area contributed by atoms with Crippen molar-refractivity contribution in [3.63, 3.8) is 0 Å². The Kier molecular flexibility index (Phi) is 7.25. The van der Waals surface area contributed by atoms with Gasteiger partial charge in [0.1, 0.15) is 12.6 Å². The van der Waals surface area contributed by atoms with Crippen LogP contribution in [-0.2, 0) is 11.3 Å². The molecule has 27 heavy (non-hydrogen) atoms. The van der Waals surface area contributed by atoms with Crippen LogP contribution in [0.25, 0.3) is 11.3 Å². The molecule has 0 saturated heterocycles. The highest BCUT2D eigenvalue weighted by Crippen LogP contribution is 2.21. The summed E-state index contributed by atoms with van der Waals surface area (Å²) in [5, 5.41) is 2.98. The molecule has 0 aliphatic heterocycles. The van der Waals surface area contributed by atoms with E-state index in [0.29, 0.717) is 30.6 Å². The molecule has 1 aromatic carbocycles. The predicted molar refractivity (Wildman–Crippen MR) is 107 cm³/mol. The van der Waals surface area contributed by atoms with Crippen molar-refractivity contribution in [2.75, 3.05) is 14.1 Å². The van der Waals surface area contributed by atoms with Gasteiger partial charge in [-0.05, 0) is 37.1 Å². The van der Waals surface area contributed by atoms with Crippen molar-refractivity contribution in [1.82, 2.24) is 15.2 Å². The van der Waals surface area contributed by atoms with Crippen LogP contribution in [0.5, 0.6) is 0 Å². The maximum absolute atomic E-state index is 11.6. The second kappa shape index (κ2) is 9.64. The summed E-state index contributed by atoms with van der Waals surface area (Å²) in [5.41, 5.74) is 3.64. The van der Waals surface area contributed by atoms with E-state index in [1.54, 1.807) is 25.4 Å². The number of H-pyrrole nitrogens is 1. The molecular weight excluding hydrogens is 342 g/mol. The standard InChI is InChI=1S/C21H25N3O3/c1-15(22-2)4-7-19(14-26)24(3)12-18-10-16(5-6-17(18)13-25)21-11-20(27)8-9-23-21/h5-6,8-11,13-14,19,22H,1,4,7,12H2,2-3H3,(H,23,27). The molecule has 0 saturated carbocycles. The number of hydrogen-bond donors (Lipinski definition) is 2. The highest BCUT2D eigenvalue weighted by atomic mass is 16.1. The fraction of sp³-hybridized carbons (Fsp3) is 0.286. The number of likely N-dealkylation sites (N-methyl/N-ethyl adjacent to an activating group) is 1. The largest absolute Gasteiger partial charge is 0.392 e. The van der Waals surface area contributed by atoms with Crippen LogP contribution in [0, 0.1) is 0 Å². The van der Waals surface area contributed by atoms with Crippen LogP contribution >= 0.6 is 0 Å². The number of allylic oxidation sites excluding steroid dienone is 1. The van der Waals surface area contributed by atoms with Crippen LogP contribution in [0.3, 0.4) is 0 Å². The van der Waals surface area contributed by atoms with E-state index in [1.165, 1.54) is 12.1 Å². The van der Waals surface area contributed by atoms with Gasteiger partial charge in [0.05, 0.1) is 6.04 Å². The smallest absolute Gasteiger partial charge is 0.182 e. The van der Waals surface area contributed by atoms with Gasteiger partial charge in [-0.3, -0.25) is 14.5 Å². The Morgan fingerprint density at radius 1 is 1.30 bits per heavy atom. The average molecular weight is 367 g/mol. The summed E-state index contributed by atoms with van der Waals surface area (Å²) < 4.78 is 0. The van der Waals surface area contributed by atoms with Gasteiger partial charge in [-0.25, -0.2) is 0 Å². The van der Waals surface area contributed by atoms with Crippen molar-refractivity contribution in [1.29, 1.82) is 0 Å². The van der Waals surface area contributed by atoms with E-state index in [2.05, 4.69) is 16.9 Å². The molecular formula is C21H25N3O3. The van der Waals surface area contributed by atoms with Crippen LogP contribution in [0.1, 0.15) is 28.8 Å². The van der Waals surface area contributed by atoms with E-state index in [0.717, 1.165) is 29.4 Å². The summed E-state index contributed by atoms with van der Waals surface area (Å²) in [5.74, 6) is 0. The lowest BCUT2D eigenvalue weighted by atomic mass is 10.0. The number of aromatic nitrogens is 1. The molecule has 2 aromatic rings. The second-order valence-electron chi connectivity index (χ2n) is 6.48. The molecule has 1 heterocycles. The average Bonchev–Trinajstić information content (AvgIpc) is 2.68. The Balaban J connectivity index is 2.24. The Hall–Kier alpha value is -2.99. The normalized spacial score (nSPS) is 11.8. The molecule has 6 heteroatoms. The van der Waals surface area contributed by atoms with E-state index in [4.69, 9.17) is 0 Å². The van der Waals surface area contributed by atoms with E-state index in [1.807, 2.05) is 18.0 Å². The number of nitrogens with zero attached hydrogens (tertiary/aromatic N) is 1. The Labute approximate surface area is 158 Å². The monoisotopic (exact) mass is 367 g/mol. The highest BCUT2D eigenvalue weighted by molar-refractivity contribution is 5.79. The molecule has 0 bridgehead atoms. The third kappa shape index (κ3) is 5.49. The summed E-state index contributed by atoms with van der Waals surface area (Å²) >= 11 is 0. The molecule has 0 radical (unpaired) electrons. The summed E-state index contributed by atoms with van der Waals surface area (Å²) in [6.45, 7) is 4.32. The highest BCUT2D eigenvalue weighted by Gasteiger charge is 2.16. The number of pyridine rings is 1. The van der Waals surface area contributed by atoms with E-state index >= 15 is 0 Å². The third-order valence-electron chi connectivity index (χ3n) is 4.59. The lowest BCUT2D eigenvalue weighted by Crippen LogP contribution is -2.33. The maximum atomic E-state index is 11.6. The van der Waals surface area contributed by atoms with Crippen LogP contribution in [0.4, 0.5) is 0 Å². The SMILES string of the molecule is C=C(CCC(C=O)N(C)Cc1cc(-c2cc(=O)cc[nH]2)ccc1C=O)NC. The van der Waals surface area contributed by atoms with Crippen molar-refractivity contribution in [3.05, 3.63) is 70.2 Å². The lowest BCUT2D eigenvalue weighted by Gasteiger charge is -2.24. The molecule has 1 atom stereocenters. The van der Waals surface area contributed by atoms with Gasteiger partial charge in [0, 0.05) is 48.9 Å². The summed E-state index contributed by atoms with van der Waals surface area (Å²) in [6.07, 6.45) is 4.65. The number of benzene rings is 1. The topological polar surface area (TPSA) is 82.3 Å². The first-order valence-electron chi connectivity index (χ1n) is 8.76. The van der Waals surface area contributed by atoms with E-state index in [-0.39, 0.29) is 11.5 Å². The van der Waals surface area contributed by atoms with E-state index < -0.39 is 0 Å². The van der Waals surface area contributed by atoms with Crippen molar-refractivity contribution in [2.24, 2.45) is 0 Å². The molecule has 6 nitrogen and oxygen atoms in total. The number of aldehydes is 2. The van der Waals surface area contributed by atoms with Gasteiger partial charge in [0.25, 0.3) is 0 Å². The fourth-order valence-corrected chi connectivity index (χ4v) is 2.86. The molecule has 0 amide bonds. The zero-order chi connectivity index (χ0) is 19.8. The minimum atomic E-state index is -0.283. The fourth-order valence-electron chi connectivity index (χ4n) is 2.86. The Morgan fingerprint density at radius 3 is 2.70 bits per heavy atom. The molecule has 142 valence electrons. The van der Waals surface area contributed by atoms with E-state index in [9.17, 15) is 14.4 Å². The Morgan fingerprint density at radius 2 is 2.07 bits per heavy atom. The second-order valence-corrected chi connectivity index (χ2v) is 6.48. The first-order chi connectivity index (χ1) is 13.0. The molecule has 0 aliphatic carbocycles. The van der Waals surface area contributed by atoms with Gasteiger partial charge in [0.2, 0.25) is 0 Å². The number of aromatic amines is 1. The van der Waals surface area contributed by atoms with Crippen LogP contribution in [0.2, 0.25) is 0 Å². The van der Waals surface area contributed by atoms with Gasteiger partial charge in [-0.1, -0.05) is 18.7 Å². The minimum Gasteiger partial charge on any atom is -0.392 e. The van der Waals surface area contributed by atoms with Crippen molar-refractivity contribution in [3.8, 4) is 11.3 Å². The number of rotatable bonds is 10. The van der Waals surface area contributed by atoms with Gasteiger partial charge < -0.3 is 15.1 Å². The quantitative estimate of drug-likeness (QED) is 0.630. The summed E-state index contributed by atoms with van der Waals surface area (Å²) in [7, 11) is 3.66. The molecule has 2 rings (SSSR count). The van der Waals surface area contributed by atoms with Gasteiger partial charge >= 0.3 is 0 Å². The third-order valence-corrected chi connectivity index (χ3v) is 4.59. The van der Waals surface area contributed by atoms with Crippen molar-refractivity contribution in [2.45, 2.75) is 25.4 Å². The summed E-state index contributed by atoms with van der Waals surface area (Å²) in [4.78, 5) is 39.5. The molecule has 0 fully saturated rings. The van der Waals surface area contributed by atoms with Crippen LogP contribution < -0.4 is 10.7 Å². The predicted octanol–water partition coefficient (Wildman–Crippen LogP) is 2.37. The van der Waals surface area contributed by atoms with Crippen molar-refractivity contribution < 1.29 is 9.59 Å². The number of carbonyl (C=O) groups is 2. The number of carbonyl (C=O) groups excluding carboxylic acids is 2. The zero-order valence-electron chi connectivity index (χ0n) is 15.7. The first-order valence-corrected chi connectivity index (χ1v) is 8.76. The Bertz CT molecular complexity index is 873.